The SMILES string of the molecule is CCCC1NC2(CC2)C(=O)N1CCOC. The molecule has 1 N–H and O–H groups in total. The summed E-state index contributed by atoms with van der Waals surface area (Å²) < 4.78 is 5.05. The van der Waals surface area contributed by atoms with Gasteiger partial charge >= 0.3 is 0 Å². The summed E-state index contributed by atoms with van der Waals surface area (Å²) >= 11 is 0. The van der Waals surface area contributed by atoms with Gasteiger partial charge in [-0.3, -0.25) is 10.1 Å². The summed E-state index contributed by atoms with van der Waals surface area (Å²) in [5.41, 5.74) is -0.173. The maximum Gasteiger partial charge on any atom is 0.244 e. The summed E-state index contributed by atoms with van der Waals surface area (Å²) in [5.74, 6) is 0.290. The van der Waals surface area contributed by atoms with E-state index < -0.39 is 0 Å². The van der Waals surface area contributed by atoms with Crippen molar-refractivity contribution >= 4 is 5.91 Å². The third-order valence-electron chi connectivity index (χ3n) is 3.34. The van der Waals surface area contributed by atoms with Gasteiger partial charge in [0.15, 0.2) is 0 Å². The summed E-state index contributed by atoms with van der Waals surface area (Å²) in [4.78, 5) is 14.0. The van der Waals surface area contributed by atoms with Crippen LogP contribution in [0.2, 0.25) is 0 Å². The van der Waals surface area contributed by atoms with Gasteiger partial charge in [-0.25, -0.2) is 0 Å². The fourth-order valence-electron chi connectivity index (χ4n) is 2.31. The van der Waals surface area contributed by atoms with Gasteiger partial charge in [-0.05, 0) is 19.3 Å². The summed E-state index contributed by atoms with van der Waals surface area (Å²) in [5, 5.41) is 3.47. The van der Waals surface area contributed by atoms with Crippen LogP contribution in [0.5, 0.6) is 0 Å². The third kappa shape index (κ3) is 1.88. The van der Waals surface area contributed by atoms with Crippen molar-refractivity contribution < 1.29 is 9.53 Å². The second-order valence-electron chi connectivity index (χ2n) is 4.52. The van der Waals surface area contributed by atoms with E-state index in [0.717, 1.165) is 32.2 Å². The number of hydrogen-bond donors (Lipinski definition) is 1. The van der Waals surface area contributed by atoms with Crippen molar-refractivity contribution in [3.8, 4) is 0 Å². The van der Waals surface area contributed by atoms with Gasteiger partial charge in [0, 0.05) is 13.7 Å². The molecule has 0 aromatic rings. The standard InChI is InChI=1S/C11H20N2O2/c1-3-4-9-12-11(5-6-11)10(14)13(9)7-8-15-2/h9,12H,3-8H2,1-2H3. The van der Waals surface area contributed by atoms with Crippen molar-refractivity contribution in [1.82, 2.24) is 10.2 Å². The van der Waals surface area contributed by atoms with Crippen molar-refractivity contribution in [3.63, 3.8) is 0 Å². The van der Waals surface area contributed by atoms with Gasteiger partial charge in [-0.2, -0.15) is 0 Å². The van der Waals surface area contributed by atoms with Crippen molar-refractivity contribution in [2.75, 3.05) is 20.3 Å². The Morgan fingerprint density at radius 3 is 2.87 bits per heavy atom. The highest BCUT2D eigenvalue weighted by atomic mass is 16.5. The molecule has 15 heavy (non-hydrogen) atoms. The van der Waals surface area contributed by atoms with Crippen LogP contribution in [-0.4, -0.2) is 42.8 Å². The van der Waals surface area contributed by atoms with Crippen LogP contribution in [-0.2, 0) is 9.53 Å². The molecule has 1 amide bonds. The minimum Gasteiger partial charge on any atom is -0.383 e. The Balaban J connectivity index is 2.00. The smallest absolute Gasteiger partial charge is 0.244 e. The van der Waals surface area contributed by atoms with E-state index in [1.807, 2.05) is 4.90 Å². The van der Waals surface area contributed by atoms with E-state index in [4.69, 9.17) is 4.74 Å². The predicted octanol–water partition coefficient (Wildman–Crippen LogP) is 0.723. The van der Waals surface area contributed by atoms with Gasteiger partial charge in [0.1, 0.15) is 0 Å². The fourth-order valence-corrected chi connectivity index (χ4v) is 2.31. The Kier molecular flexibility index (Phi) is 2.98. The molecule has 1 atom stereocenters. The number of amides is 1. The largest absolute Gasteiger partial charge is 0.383 e. The Morgan fingerprint density at radius 1 is 1.60 bits per heavy atom. The molecular weight excluding hydrogens is 192 g/mol. The molecule has 2 aliphatic rings. The Bertz CT molecular complexity index is 251. The Morgan fingerprint density at radius 2 is 2.33 bits per heavy atom. The van der Waals surface area contributed by atoms with E-state index in [1.54, 1.807) is 7.11 Å². The lowest BCUT2D eigenvalue weighted by molar-refractivity contribution is -0.131. The van der Waals surface area contributed by atoms with Gasteiger partial charge in [-0.15, -0.1) is 0 Å². The van der Waals surface area contributed by atoms with Gasteiger partial charge in [0.05, 0.1) is 18.3 Å². The van der Waals surface area contributed by atoms with Gasteiger partial charge in [-0.1, -0.05) is 13.3 Å². The second-order valence-corrected chi connectivity index (χ2v) is 4.52. The van der Waals surface area contributed by atoms with Crippen molar-refractivity contribution in [2.24, 2.45) is 0 Å². The molecule has 1 saturated heterocycles. The molecule has 1 heterocycles. The van der Waals surface area contributed by atoms with Crippen LogP contribution in [0.25, 0.3) is 0 Å². The van der Waals surface area contributed by atoms with Crippen LogP contribution in [0.15, 0.2) is 0 Å². The molecule has 1 aliphatic heterocycles. The van der Waals surface area contributed by atoms with Crippen molar-refractivity contribution in [3.05, 3.63) is 0 Å². The highest BCUT2D eigenvalue weighted by Gasteiger charge is 2.58. The first-order valence-electron chi connectivity index (χ1n) is 5.81. The molecule has 1 spiro atoms. The summed E-state index contributed by atoms with van der Waals surface area (Å²) in [6.07, 6.45) is 4.40. The summed E-state index contributed by atoms with van der Waals surface area (Å²) in [6.45, 7) is 3.50. The van der Waals surface area contributed by atoms with Crippen LogP contribution in [0.3, 0.4) is 0 Å². The summed E-state index contributed by atoms with van der Waals surface area (Å²) in [7, 11) is 1.68. The van der Waals surface area contributed by atoms with E-state index in [2.05, 4.69) is 12.2 Å². The molecule has 0 bridgehead atoms. The molecule has 1 saturated carbocycles. The van der Waals surface area contributed by atoms with E-state index in [0.29, 0.717) is 6.61 Å². The van der Waals surface area contributed by atoms with Crippen LogP contribution >= 0.6 is 0 Å². The number of carbonyl (C=O) groups excluding carboxylic acids is 1. The van der Waals surface area contributed by atoms with Crippen LogP contribution in [0.4, 0.5) is 0 Å². The number of methoxy groups -OCH3 is 1. The van der Waals surface area contributed by atoms with E-state index in [1.165, 1.54) is 0 Å². The normalized spacial score (nSPS) is 27.7. The maximum atomic E-state index is 12.1. The first kappa shape index (κ1) is 10.9. The van der Waals surface area contributed by atoms with E-state index >= 15 is 0 Å². The molecule has 2 fully saturated rings. The van der Waals surface area contributed by atoms with E-state index in [9.17, 15) is 4.79 Å². The minimum atomic E-state index is -0.173. The number of nitrogens with zero attached hydrogens (tertiary/aromatic N) is 1. The lowest BCUT2D eigenvalue weighted by Gasteiger charge is -2.23. The molecule has 2 rings (SSSR count). The maximum absolute atomic E-state index is 12.1. The number of hydrogen-bond acceptors (Lipinski definition) is 3. The third-order valence-corrected chi connectivity index (χ3v) is 3.34. The van der Waals surface area contributed by atoms with E-state index in [-0.39, 0.29) is 17.6 Å². The average Bonchev–Trinajstić information content (AvgIpc) is 2.94. The predicted molar refractivity (Wildman–Crippen MR) is 57.4 cm³/mol. The molecule has 4 nitrogen and oxygen atoms in total. The lowest BCUT2D eigenvalue weighted by Crippen LogP contribution is -2.39. The zero-order chi connectivity index (χ0) is 10.9. The number of carbonyl (C=O) groups is 1. The molecule has 0 aromatic carbocycles. The highest BCUT2D eigenvalue weighted by Crippen LogP contribution is 2.42. The van der Waals surface area contributed by atoms with Crippen molar-refractivity contribution in [1.29, 1.82) is 0 Å². The molecule has 4 heteroatoms. The minimum absolute atomic E-state index is 0.173. The molecule has 0 radical (unpaired) electrons. The summed E-state index contributed by atoms with van der Waals surface area (Å²) in [6, 6.07) is 0. The second kappa shape index (κ2) is 4.10. The highest BCUT2D eigenvalue weighted by molar-refractivity contribution is 5.91. The quantitative estimate of drug-likeness (QED) is 0.730. The Labute approximate surface area is 91.0 Å². The zero-order valence-electron chi connectivity index (χ0n) is 9.58. The van der Waals surface area contributed by atoms with Crippen LogP contribution in [0.1, 0.15) is 32.6 Å². The van der Waals surface area contributed by atoms with Gasteiger partial charge < -0.3 is 9.64 Å². The first-order valence-corrected chi connectivity index (χ1v) is 5.81. The average molecular weight is 212 g/mol. The van der Waals surface area contributed by atoms with Gasteiger partial charge in [0.2, 0.25) is 5.91 Å². The number of rotatable bonds is 5. The topological polar surface area (TPSA) is 41.6 Å². The van der Waals surface area contributed by atoms with Crippen LogP contribution in [0, 0.1) is 0 Å². The number of ether oxygens (including phenoxy) is 1. The number of nitrogens with one attached hydrogen (secondary N) is 1. The molecule has 1 aliphatic carbocycles. The molecule has 1 unspecified atom stereocenters. The molecule has 86 valence electrons. The lowest BCUT2D eigenvalue weighted by atomic mass is 10.2. The first-order chi connectivity index (χ1) is 7.23. The van der Waals surface area contributed by atoms with Crippen molar-refractivity contribution in [2.45, 2.75) is 44.3 Å². The zero-order valence-corrected chi connectivity index (χ0v) is 9.58. The van der Waals surface area contributed by atoms with Gasteiger partial charge in [0.25, 0.3) is 0 Å². The molecule has 0 aromatic heterocycles. The van der Waals surface area contributed by atoms with Crippen LogP contribution < -0.4 is 5.32 Å². The monoisotopic (exact) mass is 212 g/mol. The fraction of sp³-hybridized carbons (Fsp3) is 0.909. The Hall–Kier alpha value is -0.610. The molecular formula is C11H20N2O2.